The van der Waals surface area contributed by atoms with Gasteiger partial charge in [-0.25, -0.2) is 4.68 Å². The maximum absolute atomic E-state index is 4.51. The van der Waals surface area contributed by atoms with Crippen molar-refractivity contribution in [1.82, 2.24) is 19.9 Å². The number of hydrogen-bond acceptors (Lipinski definition) is 3. The quantitative estimate of drug-likeness (QED) is 0.375. The van der Waals surface area contributed by atoms with E-state index in [0.29, 0.717) is 0 Å². The topological polar surface area (TPSA) is 34.0 Å². The zero-order valence-electron chi connectivity index (χ0n) is 19.0. The van der Waals surface area contributed by atoms with E-state index in [1.54, 1.807) is 0 Å². The highest BCUT2D eigenvalue weighted by atomic mass is 15.5. The fourth-order valence-corrected chi connectivity index (χ4v) is 4.18. The number of unbranched alkanes of at least 4 members (excludes halogenated alkanes) is 2. The molecule has 1 aromatic carbocycles. The SMILES string of the molecule is CCCC[C@@H](CC)CN(C[C@H](CC)CCCC)Cn1nnc2c(C)cccc21. The molecular weight excluding hydrogens is 344 g/mol. The molecule has 0 saturated carbocycles. The standard InChI is InChI=1S/C24H42N4/c1-6-10-14-21(8-3)17-27(18-22(9-4)15-11-7-2)19-28-23-16-12-13-20(5)24(23)25-26-28/h12-13,16,21-22H,6-11,14-15,17-19H2,1-5H3/t21-,22-/m1/s1. The van der Waals surface area contributed by atoms with Crippen LogP contribution in [-0.2, 0) is 6.67 Å². The smallest absolute Gasteiger partial charge is 0.116 e. The molecule has 28 heavy (non-hydrogen) atoms. The highest BCUT2D eigenvalue weighted by Gasteiger charge is 2.18. The molecule has 1 aromatic heterocycles. The molecule has 2 rings (SSSR count). The van der Waals surface area contributed by atoms with Crippen molar-refractivity contribution in [3.8, 4) is 0 Å². The molecular formula is C24H42N4. The Hall–Kier alpha value is -1.42. The number of aryl methyl sites for hydroxylation is 1. The minimum Gasteiger partial charge on any atom is -0.284 e. The van der Waals surface area contributed by atoms with Gasteiger partial charge in [0, 0.05) is 13.1 Å². The van der Waals surface area contributed by atoms with Gasteiger partial charge in [-0.05, 0) is 43.2 Å². The van der Waals surface area contributed by atoms with E-state index >= 15 is 0 Å². The molecule has 0 saturated heterocycles. The van der Waals surface area contributed by atoms with Crippen LogP contribution in [0.1, 0.15) is 84.6 Å². The van der Waals surface area contributed by atoms with Crippen LogP contribution in [0.25, 0.3) is 11.0 Å². The zero-order valence-corrected chi connectivity index (χ0v) is 19.0. The summed E-state index contributed by atoms with van der Waals surface area (Å²) in [5.74, 6) is 1.56. The Morgan fingerprint density at radius 2 is 1.54 bits per heavy atom. The van der Waals surface area contributed by atoms with Gasteiger partial charge >= 0.3 is 0 Å². The number of hydrogen-bond donors (Lipinski definition) is 0. The van der Waals surface area contributed by atoms with E-state index in [4.69, 9.17) is 0 Å². The van der Waals surface area contributed by atoms with E-state index in [9.17, 15) is 0 Å². The van der Waals surface area contributed by atoms with Gasteiger partial charge in [-0.3, -0.25) is 4.90 Å². The lowest BCUT2D eigenvalue weighted by Crippen LogP contribution is -2.36. The predicted molar refractivity (Wildman–Crippen MR) is 120 cm³/mol. The monoisotopic (exact) mass is 386 g/mol. The van der Waals surface area contributed by atoms with Crippen molar-refractivity contribution >= 4 is 11.0 Å². The maximum atomic E-state index is 4.51. The second kappa shape index (κ2) is 12.2. The minimum absolute atomic E-state index is 0.778. The molecule has 4 heteroatoms. The maximum Gasteiger partial charge on any atom is 0.116 e. The van der Waals surface area contributed by atoms with E-state index in [-0.39, 0.29) is 0 Å². The van der Waals surface area contributed by atoms with E-state index in [0.717, 1.165) is 29.5 Å². The van der Waals surface area contributed by atoms with Crippen molar-refractivity contribution in [3.63, 3.8) is 0 Å². The highest BCUT2D eigenvalue weighted by molar-refractivity contribution is 5.77. The van der Waals surface area contributed by atoms with Gasteiger partial charge in [0.05, 0.1) is 12.2 Å². The first-order valence-electron chi connectivity index (χ1n) is 11.6. The average Bonchev–Trinajstić information content (AvgIpc) is 3.12. The molecule has 1 heterocycles. The van der Waals surface area contributed by atoms with Gasteiger partial charge in [0.2, 0.25) is 0 Å². The summed E-state index contributed by atoms with van der Waals surface area (Å²) in [6.07, 6.45) is 10.5. The molecule has 0 unspecified atom stereocenters. The van der Waals surface area contributed by atoms with Gasteiger partial charge in [-0.2, -0.15) is 0 Å². The molecule has 0 aliphatic heterocycles. The van der Waals surface area contributed by atoms with Crippen LogP contribution in [0.15, 0.2) is 18.2 Å². The van der Waals surface area contributed by atoms with Crippen LogP contribution in [0.3, 0.4) is 0 Å². The Labute approximate surface area is 172 Å². The van der Waals surface area contributed by atoms with Crippen molar-refractivity contribution in [2.24, 2.45) is 11.8 Å². The first kappa shape index (κ1) is 22.9. The molecule has 0 N–H and O–H groups in total. The number of nitrogens with zero attached hydrogens (tertiary/aromatic N) is 4. The van der Waals surface area contributed by atoms with E-state index in [1.165, 1.54) is 70.0 Å². The Balaban J connectivity index is 2.16. The molecule has 0 radical (unpaired) electrons. The van der Waals surface area contributed by atoms with Gasteiger partial charge in [-0.1, -0.05) is 83.6 Å². The third-order valence-electron chi connectivity index (χ3n) is 6.20. The number of rotatable bonds is 14. The van der Waals surface area contributed by atoms with Crippen molar-refractivity contribution in [1.29, 1.82) is 0 Å². The molecule has 0 fully saturated rings. The fraction of sp³-hybridized carbons (Fsp3) is 0.750. The van der Waals surface area contributed by atoms with E-state index < -0.39 is 0 Å². The lowest BCUT2D eigenvalue weighted by Gasteiger charge is -2.30. The van der Waals surface area contributed by atoms with Crippen molar-refractivity contribution in [2.75, 3.05) is 13.1 Å². The Morgan fingerprint density at radius 3 is 2.07 bits per heavy atom. The molecule has 4 nitrogen and oxygen atoms in total. The van der Waals surface area contributed by atoms with Crippen LogP contribution < -0.4 is 0 Å². The molecule has 0 aliphatic carbocycles. The Morgan fingerprint density at radius 1 is 0.929 bits per heavy atom. The summed E-state index contributed by atoms with van der Waals surface area (Å²) >= 11 is 0. The largest absolute Gasteiger partial charge is 0.284 e. The lowest BCUT2D eigenvalue weighted by molar-refractivity contribution is 0.139. The van der Waals surface area contributed by atoms with Crippen LogP contribution in [0.4, 0.5) is 0 Å². The van der Waals surface area contributed by atoms with Crippen LogP contribution in [0.5, 0.6) is 0 Å². The van der Waals surface area contributed by atoms with Crippen LogP contribution in [0, 0.1) is 18.8 Å². The summed E-state index contributed by atoms with van der Waals surface area (Å²) in [4.78, 5) is 2.66. The molecule has 2 aromatic rings. The second-order valence-corrected chi connectivity index (χ2v) is 8.54. The summed E-state index contributed by atoms with van der Waals surface area (Å²) in [6, 6.07) is 6.40. The predicted octanol–water partition coefficient (Wildman–Crippen LogP) is 6.43. The zero-order chi connectivity index (χ0) is 20.4. The third kappa shape index (κ3) is 6.58. The van der Waals surface area contributed by atoms with Crippen LogP contribution >= 0.6 is 0 Å². The normalized spacial score (nSPS) is 14.1. The molecule has 0 bridgehead atoms. The van der Waals surface area contributed by atoms with Crippen LogP contribution in [0.2, 0.25) is 0 Å². The summed E-state index contributed by atoms with van der Waals surface area (Å²) in [5, 5.41) is 8.97. The summed E-state index contributed by atoms with van der Waals surface area (Å²) in [5.41, 5.74) is 3.41. The Kier molecular flexibility index (Phi) is 9.97. The summed E-state index contributed by atoms with van der Waals surface area (Å²) < 4.78 is 2.11. The average molecular weight is 387 g/mol. The molecule has 0 amide bonds. The second-order valence-electron chi connectivity index (χ2n) is 8.54. The first-order chi connectivity index (χ1) is 13.6. The van der Waals surface area contributed by atoms with Gasteiger partial charge in [0.25, 0.3) is 0 Å². The van der Waals surface area contributed by atoms with E-state index in [1.807, 2.05) is 0 Å². The highest BCUT2D eigenvalue weighted by Crippen LogP contribution is 2.21. The van der Waals surface area contributed by atoms with Gasteiger partial charge in [0.1, 0.15) is 5.52 Å². The molecule has 0 aliphatic rings. The van der Waals surface area contributed by atoms with Gasteiger partial charge in [0.15, 0.2) is 0 Å². The number of benzene rings is 1. The summed E-state index contributed by atoms with van der Waals surface area (Å²) in [7, 11) is 0. The van der Waals surface area contributed by atoms with E-state index in [2.05, 4.69) is 72.7 Å². The summed E-state index contributed by atoms with van der Waals surface area (Å²) in [6.45, 7) is 14.6. The Bertz CT molecular complexity index is 660. The van der Waals surface area contributed by atoms with Crippen molar-refractivity contribution < 1.29 is 0 Å². The minimum atomic E-state index is 0.778. The number of fused-ring (bicyclic) bond motifs is 1. The first-order valence-corrected chi connectivity index (χ1v) is 11.6. The molecule has 0 spiro atoms. The molecule has 158 valence electrons. The fourth-order valence-electron chi connectivity index (χ4n) is 4.18. The number of aromatic nitrogens is 3. The van der Waals surface area contributed by atoms with Gasteiger partial charge < -0.3 is 0 Å². The lowest BCUT2D eigenvalue weighted by atomic mass is 9.96. The molecule has 2 atom stereocenters. The van der Waals surface area contributed by atoms with Crippen LogP contribution in [-0.4, -0.2) is 33.0 Å². The van der Waals surface area contributed by atoms with Crippen molar-refractivity contribution in [3.05, 3.63) is 23.8 Å². The van der Waals surface area contributed by atoms with Gasteiger partial charge in [-0.15, -0.1) is 5.10 Å². The third-order valence-corrected chi connectivity index (χ3v) is 6.20. The van der Waals surface area contributed by atoms with Crippen molar-refractivity contribution in [2.45, 2.75) is 92.7 Å².